The van der Waals surface area contributed by atoms with Crippen LogP contribution in [0.1, 0.15) is 28.8 Å². The molecular formula is C11H7ClF4O. The maximum absolute atomic E-state index is 13.4. The molecule has 6 heteroatoms. The SMILES string of the molecule is O=C(c1ccc(C(F)(F)F)c(F)c1Cl)C1CC1. The highest BCUT2D eigenvalue weighted by Gasteiger charge is 2.38. The van der Waals surface area contributed by atoms with E-state index in [1.165, 1.54) is 0 Å². The van der Waals surface area contributed by atoms with Gasteiger partial charge in [0.1, 0.15) is 0 Å². The highest BCUT2D eigenvalue weighted by molar-refractivity contribution is 6.34. The summed E-state index contributed by atoms with van der Waals surface area (Å²) in [7, 11) is 0. The van der Waals surface area contributed by atoms with Crippen molar-refractivity contribution in [1.29, 1.82) is 0 Å². The standard InChI is InChI=1S/C11H7ClF4O/c12-8-6(10(17)5-1-2-5)3-4-7(9(8)13)11(14,15)16/h3-5H,1-2H2. The highest BCUT2D eigenvalue weighted by Crippen LogP contribution is 2.39. The molecule has 1 aliphatic rings. The lowest BCUT2D eigenvalue weighted by atomic mass is 10.0. The molecule has 1 aromatic rings. The fourth-order valence-electron chi connectivity index (χ4n) is 1.52. The minimum absolute atomic E-state index is 0.167. The van der Waals surface area contributed by atoms with Gasteiger partial charge in [0.2, 0.25) is 0 Å². The van der Waals surface area contributed by atoms with Gasteiger partial charge in [-0.3, -0.25) is 4.79 Å². The Morgan fingerprint density at radius 1 is 1.29 bits per heavy atom. The molecule has 0 bridgehead atoms. The van der Waals surface area contributed by atoms with Gasteiger partial charge in [-0.1, -0.05) is 11.6 Å². The summed E-state index contributed by atoms with van der Waals surface area (Å²) >= 11 is 5.48. The Labute approximate surface area is 99.4 Å². The third-order valence-corrected chi connectivity index (χ3v) is 2.97. The predicted octanol–water partition coefficient (Wildman–Crippen LogP) is 4.09. The van der Waals surface area contributed by atoms with Crippen LogP contribution >= 0.6 is 11.6 Å². The Kier molecular flexibility index (Phi) is 2.89. The monoisotopic (exact) mass is 266 g/mol. The van der Waals surface area contributed by atoms with Crippen LogP contribution in [0.3, 0.4) is 0 Å². The molecule has 0 unspecified atom stereocenters. The molecule has 1 fully saturated rings. The van der Waals surface area contributed by atoms with Crippen molar-refractivity contribution in [1.82, 2.24) is 0 Å². The second-order valence-electron chi connectivity index (χ2n) is 3.92. The molecule has 0 spiro atoms. The molecule has 1 nitrogen and oxygen atoms in total. The van der Waals surface area contributed by atoms with E-state index in [-0.39, 0.29) is 17.3 Å². The summed E-state index contributed by atoms with van der Waals surface area (Å²) in [5.74, 6) is -2.18. The minimum atomic E-state index is -4.81. The van der Waals surface area contributed by atoms with Gasteiger partial charge in [-0.25, -0.2) is 4.39 Å². The third kappa shape index (κ3) is 2.29. The largest absolute Gasteiger partial charge is 0.419 e. The van der Waals surface area contributed by atoms with E-state index in [2.05, 4.69) is 0 Å². The molecule has 0 atom stereocenters. The van der Waals surface area contributed by atoms with Crippen LogP contribution in [0.4, 0.5) is 17.6 Å². The summed E-state index contributed by atoms with van der Waals surface area (Å²) in [4.78, 5) is 11.6. The summed E-state index contributed by atoms with van der Waals surface area (Å²) in [6.45, 7) is 0. The fraction of sp³-hybridized carbons (Fsp3) is 0.364. The van der Waals surface area contributed by atoms with Crippen molar-refractivity contribution < 1.29 is 22.4 Å². The van der Waals surface area contributed by atoms with E-state index in [4.69, 9.17) is 11.6 Å². The summed E-state index contributed by atoms with van der Waals surface area (Å²) in [6.07, 6.45) is -3.45. The minimum Gasteiger partial charge on any atom is -0.294 e. The third-order valence-electron chi connectivity index (χ3n) is 2.60. The molecule has 0 N–H and O–H groups in total. The molecular weight excluding hydrogens is 260 g/mol. The molecule has 92 valence electrons. The van der Waals surface area contributed by atoms with Crippen LogP contribution < -0.4 is 0 Å². The summed E-state index contributed by atoms with van der Waals surface area (Å²) in [6, 6.07) is 1.49. The Morgan fingerprint density at radius 2 is 1.88 bits per heavy atom. The zero-order valence-electron chi connectivity index (χ0n) is 8.44. The van der Waals surface area contributed by atoms with Gasteiger partial charge in [0, 0.05) is 11.5 Å². The molecule has 1 aromatic carbocycles. The van der Waals surface area contributed by atoms with Crippen molar-refractivity contribution in [3.05, 3.63) is 34.1 Å². The number of carbonyl (C=O) groups excluding carboxylic acids is 1. The maximum Gasteiger partial charge on any atom is 0.419 e. The van der Waals surface area contributed by atoms with E-state index >= 15 is 0 Å². The van der Waals surface area contributed by atoms with Crippen molar-refractivity contribution in [2.45, 2.75) is 19.0 Å². The smallest absolute Gasteiger partial charge is 0.294 e. The Morgan fingerprint density at radius 3 is 2.35 bits per heavy atom. The number of alkyl halides is 3. The van der Waals surface area contributed by atoms with Crippen molar-refractivity contribution in [2.24, 2.45) is 5.92 Å². The van der Waals surface area contributed by atoms with Crippen LogP contribution in [0, 0.1) is 11.7 Å². The van der Waals surface area contributed by atoms with Crippen molar-refractivity contribution in [2.75, 3.05) is 0 Å². The highest BCUT2D eigenvalue weighted by atomic mass is 35.5. The molecule has 0 saturated heterocycles. The van der Waals surface area contributed by atoms with Gasteiger partial charge in [0.05, 0.1) is 10.6 Å². The first kappa shape index (κ1) is 12.4. The molecule has 2 rings (SSSR count). The average molecular weight is 267 g/mol. The fourth-order valence-corrected chi connectivity index (χ4v) is 1.78. The Hall–Kier alpha value is -1.10. The number of Topliss-reactive ketones (excluding diaryl/α,β-unsaturated/α-hetero) is 1. The maximum atomic E-state index is 13.4. The van der Waals surface area contributed by atoms with Crippen molar-refractivity contribution in [3.63, 3.8) is 0 Å². The lowest BCUT2D eigenvalue weighted by molar-refractivity contribution is -0.140. The molecule has 0 aliphatic heterocycles. The molecule has 0 heterocycles. The van der Waals surface area contributed by atoms with Gasteiger partial charge >= 0.3 is 6.18 Å². The van der Waals surface area contributed by atoms with E-state index in [0.717, 1.165) is 6.07 Å². The van der Waals surface area contributed by atoms with Crippen LogP contribution in [0.15, 0.2) is 12.1 Å². The van der Waals surface area contributed by atoms with Gasteiger partial charge in [-0.05, 0) is 25.0 Å². The first-order valence-corrected chi connectivity index (χ1v) is 5.29. The lowest BCUT2D eigenvalue weighted by Gasteiger charge is -2.11. The topological polar surface area (TPSA) is 17.1 Å². The number of benzene rings is 1. The van der Waals surface area contributed by atoms with Crippen LogP contribution in [0.2, 0.25) is 5.02 Å². The number of hydrogen-bond acceptors (Lipinski definition) is 1. The number of hydrogen-bond donors (Lipinski definition) is 0. The Balaban J connectivity index is 2.45. The van der Waals surface area contributed by atoms with Gasteiger partial charge in [-0.2, -0.15) is 13.2 Å². The summed E-state index contributed by atoms with van der Waals surface area (Å²) < 4.78 is 50.4. The van der Waals surface area contributed by atoms with Gasteiger partial charge in [0.15, 0.2) is 11.6 Å². The molecule has 1 aliphatic carbocycles. The normalized spacial score (nSPS) is 16.1. The van der Waals surface area contributed by atoms with Gasteiger partial charge < -0.3 is 0 Å². The van der Waals surface area contributed by atoms with E-state index in [0.29, 0.717) is 18.9 Å². The predicted molar refractivity (Wildman–Crippen MR) is 53.5 cm³/mol. The van der Waals surface area contributed by atoms with Crippen LogP contribution in [0.5, 0.6) is 0 Å². The second kappa shape index (κ2) is 3.98. The van der Waals surface area contributed by atoms with Crippen LogP contribution in [0.25, 0.3) is 0 Å². The number of carbonyl (C=O) groups is 1. The number of ketones is 1. The van der Waals surface area contributed by atoms with Crippen LogP contribution in [-0.2, 0) is 6.18 Å². The van der Waals surface area contributed by atoms with Gasteiger partial charge in [-0.15, -0.1) is 0 Å². The second-order valence-corrected chi connectivity index (χ2v) is 4.30. The zero-order chi connectivity index (χ0) is 12.8. The summed E-state index contributed by atoms with van der Waals surface area (Å²) in [5.41, 5.74) is -1.62. The number of halogens is 5. The molecule has 17 heavy (non-hydrogen) atoms. The molecule has 0 radical (unpaired) electrons. The lowest BCUT2D eigenvalue weighted by Crippen LogP contribution is -2.11. The first-order valence-electron chi connectivity index (χ1n) is 4.91. The van der Waals surface area contributed by atoms with E-state index in [9.17, 15) is 22.4 Å². The van der Waals surface area contributed by atoms with Gasteiger partial charge in [0.25, 0.3) is 0 Å². The van der Waals surface area contributed by atoms with Crippen molar-refractivity contribution in [3.8, 4) is 0 Å². The number of rotatable bonds is 2. The van der Waals surface area contributed by atoms with Crippen LogP contribution in [-0.4, -0.2) is 5.78 Å². The van der Waals surface area contributed by atoms with E-state index in [1.54, 1.807) is 0 Å². The zero-order valence-corrected chi connectivity index (χ0v) is 9.20. The molecule has 0 amide bonds. The quantitative estimate of drug-likeness (QED) is 0.582. The molecule has 0 aromatic heterocycles. The summed E-state index contributed by atoms with van der Waals surface area (Å²) in [5, 5.41) is -0.739. The van der Waals surface area contributed by atoms with E-state index < -0.39 is 22.6 Å². The van der Waals surface area contributed by atoms with E-state index in [1.807, 2.05) is 0 Å². The molecule has 1 saturated carbocycles. The Bertz CT molecular complexity index is 477. The average Bonchev–Trinajstić information content (AvgIpc) is 3.02. The van der Waals surface area contributed by atoms with Crippen molar-refractivity contribution >= 4 is 17.4 Å². The first-order chi connectivity index (χ1) is 7.82.